The number of hydrazone groups is 1. The van der Waals surface area contributed by atoms with Crippen molar-refractivity contribution in [1.29, 1.82) is 0 Å². The van der Waals surface area contributed by atoms with E-state index in [1.54, 1.807) is 36.3 Å². The van der Waals surface area contributed by atoms with Crippen LogP contribution < -0.4 is 15.1 Å². The zero-order valence-corrected chi connectivity index (χ0v) is 18.6. The van der Waals surface area contributed by atoms with Gasteiger partial charge in [0.2, 0.25) is 11.8 Å². The van der Waals surface area contributed by atoms with Crippen LogP contribution in [0.2, 0.25) is 0 Å². The third kappa shape index (κ3) is 5.38. The summed E-state index contributed by atoms with van der Waals surface area (Å²) in [4.78, 5) is 41.5. The van der Waals surface area contributed by atoms with Gasteiger partial charge in [0.1, 0.15) is 11.5 Å². The van der Waals surface area contributed by atoms with Gasteiger partial charge in [0.15, 0.2) is 0 Å². The van der Waals surface area contributed by atoms with Crippen molar-refractivity contribution in [2.24, 2.45) is 5.10 Å². The number of ether oxygens (including phenoxy) is 1. The molecule has 0 aliphatic carbocycles. The molecule has 4 rings (SSSR count). The molecule has 0 radical (unpaired) electrons. The van der Waals surface area contributed by atoms with Crippen LogP contribution in [0, 0.1) is 0 Å². The topological polar surface area (TPSA) is 94.6 Å². The van der Waals surface area contributed by atoms with Gasteiger partial charge in [0.05, 0.1) is 25.0 Å². The molecule has 0 bridgehead atoms. The minimum absolute atomic E-state index is 0.122. The molecule has 1 saturated heterocycles. The van der Waals surface area contributed by atoms with Gasteiger partial charge < -0.3 is 15.0 Å². The summed E-state index contributed by atoms with van der Waals surface area (Å²) in [6.45, 7) is 2.40. The summed E-state index contributed by atoms with van der Waals surface area (Å²) in [5.74, 6) is 0.204. The van der Waals surface area contributed by atoms with Gasteiger partial charge in [-0.3, -0.25) is 19.3 Å². The summed E-state index contributed by atoms with van der Waals surface area (Å²) in [5, 5.41) is 8.55. The minimum Gasteiger partial charge on any atom is -0.495 e. The molecule has 9 heteroatoms. The van der Waals surface area contributed by atoms with Gasteiger partial charge in [-0.05, 0) is 24.3 Å². The largest absolute Gasteiger partial charge is 0.495 e. The lowest BCUT2D eigenvalue weighted by molar-refractivity contribution is -0.126. The summed E-state index contributed by atoms with van der Waals surface area (Å²) in [7, 11) is 1.56. The van der Waals surface area contributed by atoms with Crippen LogP contribution in [0.3, 0.4) is 0 Å². The Morgan fingerprint density at radius 1 is 0.970 bits per heavy atom. The smallest absolute Gasteiger partial charge is 0.270 e. The number of carbonyl (C=O) groups is 3. The molecule has 0 atom stereocenters. The second kappa shape index (κ2) is 10.3. The van der Waals surface area contributed by atoms with E-state index in [1.165, 1.54) is 5.01 Å². The van der Waals surface area contributed by atoms with Crippen LogP contribution >= 0.6 is 0 Å². The fourth-order valence-corrected chi connectivity index (χ4v) is 3.91. The van der Waals surface area contributed by atoms with Crippen molar-refractivity contribution in [2.45, 2.75) is 12.8 Å². The number of hydrogen-bond donors (Lipinski definition) is 1. The summed E-state index contributed by atoms with van der Waals surface area (Å²) < 4.78 is 5.27. The number of para-hydroxylation sites is 3. The Bertz CT molecular complexity index is 1050. The number of nitrogens with one attached hydrogen (secondary N) is 1. The lowest BCUT2D eigenvalue weighted by atomic mass is 10.1. The molecule has 0 aromatic heterocycles. The summed E-state index contributed by atoms with van der Waals surface area (Å²) >= 11 is 0. The molecule has 2 aromatic carbocycles. The highest BCUT2D eigenvalue weighted by Crippen LogP contribution is 2.23. The quantitative estimate of drug-likeness (QED) is 0.728. The van der Waals surface area contributed by atoms with E-state index in [0.717, 1.165) is 0 Å². The van der Waals surface area contributed by atoms with Crippen LogP contribution in [-0.4, -0.2) is 73.1 Å². The third-order valence-electron chi connectivity index (χ3n) is 5.69. The molecule has 0 saturated carbocycles. The summed E-state index contributed by atoms with van der Waals surface area (Å²) in [6.07, 6.45) is 0.588. The van der Waals surface area contributed by atoms with E-state index in [-0.39, 0.29) is 30.7 Å². The number of amides is 3. The van der Waals surface area contributed by atoms with Crippen molar-refractivity contribution in [2.75, 3.05) is 50.2 Å². The van der Waals surface area contributed by atoms with Crippen LogP contribution in [0.4, 0.5) is 11.4 Å². The molecule has 2 aliphatic heterocycles. The van der Waals surface area contributed by atoms with Crippen molar-refractivity contribution in [3.8, 4) is 5.75 Å². The van der Waals surface area contributed by atoms with E-state index in [9.17, 15) is 14.4 Å². The van der Waals surface area contributed by atoms with Crippen LogP contribution in [0.1, 0.15) is 12.8 Å². The van der Waals surface area contributed by atoms with Gasteiger partial charge in [-0.15, -0.1) is 0 Å². The van der Waals surface area contributed by atoms with E-state index in [0.29, 0.717) is 55.4 Å². The number of methoxy groups -OCH3 is 1. The van der Waals surface area contributed by atoms with Crippen LogP contribution in [0.5, 0.6) is 5.75 Å². The lowest BCUT2D eigenvalue weighted by Gasteiger charge is -2.35. The summed E-state index contributed by atoms with van der Waals surface area (Å²) in [6, 6.07) is 16.4. The van der Waals surface area contributed by atoms with Crippen LogP contribution in [0.15, 0.2) is 59.7 Å². The van der Waals surface area contributed by atoms with Gasteiger partial charge in [0, 0.05) is 39.0 Å². The molecule has 9 nitrogen and oxygen atoms in total. The fourth-order valence-electron chi connectivity index (χ4n) is 3.91. The monoisotopic (exact) mass is 449 g/mol. The Balaban J connectivity index is 1.31. The van der Waals surface area contributed by atoms with Gasteiger partial charge in [-0.1, -0.05) is 30.3 Å². The first-order chi connectivity index (χ1) is 16.0. The Hall–Kier alpha value is -3.72. The maximum atomic E-state index is 13.0. The molecule has 0 unspecified atom stereocenters. The molecular weight excluding hydrogens is 422 g/mol. The molecule has 172 valence electrons. The molecule has 1 fully saturated rings. The predicted molar refractivity (Wildman–Crippen MR) is 125 cm³/mol. The summed E-state index contributed by atoms with van der Waals surface area (Å²) in [5.41, 5.74) is 1.67. The number of nitrogens with zero attached hydrogens (tertiary/aromatic N) is 4. The predicted octanol–water partition coefficient (Wildman–Crippen LogP) is 1.96. The van der Waals surface area contributed by atoms with Gasteiger partial charge in [0.25, 0.3) is 5.91 Å². The minimum atomic E-state index is -0.151. The van der Waals surface area contributed by atoms with Gasteiger partial charge >= 0.3 is 0 Å². The molecule has 33 heavy (non-hydrogen) atoms. The lowest BCUT2D eigenvalue weighted by Crippen LogP contribution is -2.52. The van der Waals surface area contributed by atoms with Crippen molar-refractivity contribution in [3.05, 3.63) is 54.6 Å². The Kier molecular flexibility index (Phi) is 6.99. The Morgan fingerprint density at radius 3 is 2.39 bits per heavy atom. The second-order valence-electron chi connectivity index (χ2n) is 7.90. The molecule has 2 aliphatic rings. The normalized spacial score (nSPS) is 16.9. The van der Waals surface area contributed by atoms with Gasteiger partial charge in [-0.2, -0.15) is 5.10 Å². The van der Waals surface area contributed by atoms with E-state index >= 15 is 0 Å². The number of anilines is 2. The molecule has 1 N–H and O–H groups in total. The van der Waals surface area contributed by atoms with Crippen molar-refractivity contribution < 1.29 is 19.1 Å². The highest BCUT2D eigenvalue weighted by molar-refractivity contribution is 6.40. The van der Waals surface area contributed by atoms with Crippen LogP contribution in [0.25, 0.3) is 0 Å². The van der Waals surface area contributed by atoms with E-state index in [4.69, 9.17) is 4.74 Å². The average Bonchev–Trinajstić information content (AvgIpc) is 2.85. The number of carbonyl (C=O) groups excluding carboxylic acids is 3. The van der Waals surface area contributed by atoms with Crippen LogP contribution in [-0.2, 0) is 14.4 Å². The first-order valence-electron chi connectivity index (χ1n) is 10.9. The number of benzene rings is 2. The number of hydrogen-bond acceptors (Lipinski definition) is 6. The van der Waals surface area contributed by atoms with E-state index in [2.05, 4.69) is 10.4 Å². The Labute approximate surface area is 192 Å². The fraction of sp³-hybridized carbons (Fsp3) is 0.333. The second-order valence-corrected chi connectivity index (χ2v) is 7.90. The number of piperazine rings is 1. The molecule has 3 amide bonds. The molecule has 2 aromatic rings. The zero-order valence-electron chi connectivity index (χ0n) is 18.6. The third-order valence-corrected chi connectivity index (χ3v) is 5.69. The van der Waals surface area contributed by atoms with E-state index in [1.807, 2.05) is 35.2 Å². The van der Waals surface area contributed by atoms with Crippen molar-refractivity contribution in [1.82, 2.24) is 9.80 Å². The van der Waals surface area contributed by atoms with E-state index < -0.39 is 0 Å². The first-order valence-corrected chi connectivity index (χ1v) is 10.9. The standard InChI is InChI=1S/C24H27N5O4/c1-33-21-10-6-5-9-19(21)25-22(30)17-27-13-15-28(16-14-27)24(32)20-11-12-23(31)29(26-20)18-7-3-2-4-8-18/h2-10H,11-17H2,1H3,(H,25,30). The highest BCUT2D eigenvalue weighted by atomic mass is 16.5. The van der Waals surface area contributed by atoms with Gasteiger partial charge in [-0.25, -0.2) is 5.01 Å². The Morgan fingerprint density at radius 2 is 1.67 bits per heavy atom. The van der Waals surface area contributed by atoms with Crippen molar-refractivity contribution >= 4 is 34.8 Å². The maximum absolute atomic E-state index is 13.0. The SMILES string of the molecule is COc1ccccc1NC(=O)CN1CCN(C(=O)C2=NN(c3ccccc3)C(=O)CC2)CC1. The maximum Gasteiger partial charge on any atom is 0.270 e. The molecule has 2 heterocycles. The average molecular weight is 450 g/mol. The number of rotatable bonds is 6. The zero-order chi connectivity index (χ0) is 23.2. The first kappa shape index (κ1) is 22.5. The highest BCUT2D eigenvalue weighted by Gasteiger charge is 2.30. The van der Waals surface area contributed by atoms with Crippen molar-refractivity contribution in [3.63, 3.8) is 0 Å². The molecular formula is C24H27N5O4. The molecule has 0 spiro atoms.